The van der Waals surface area contributed by atoms with Crippen molar-refractivity contribution in [2.75, 3.05) is 44.2 Å². The van der Waals surface area contributed by atoms with Gasteiger partial charge in [0.15, 0.2) is 11.5 Å². The molecule has 11 nitrogen and oxygen atoms in total. The predicted molar refractivity (Wildman–Crippen MR) is 111 cm³/mol. The Morgan fingerprint density at radius 2 is 1.44 bits per heavy atom. The van der Waals surface area contributed by atoms with Gasteiger partial charge in [0, 0.05) is 25.2 Å². The zero-order valence-electron chi connectivity index (χ0n) is 16.7. The summed E-state index contributed by atoms with van der Waals surface area (Å²) in [5.74, 6) is -0.938. The zero-order valence-corrected chi connectivity index (χ0v) is 18.3. The van der Waals surface area contributed by atoms with Crippen LogP contribution in [-0.4, -0.2) is 71.7 Å². The Morgan fingerprint density at radius 3 is 2.03 bits per heavy atom. The first kappa shape index (κ1) is 22.3. The molecule has 2 aliphatic heterocycles. The molecule has 13 heteroatoms. The van der Waals surface area contributed by atoms with E-state index in [2.05, 4.69) is 4.72 Å². The van der Waals surface area contributed by atoms with Gasteiger partial charge in [-0.15, -0.1) is 0 Å². The second kappa shape index (κ2) is 8.58. The van der Waals surface area contributed by atoms with Gasteiger partial charge in [-0.25, -0.2) is 21.6 Å². The van der Waals surface area contributed by atoms with Crippen LogP contribution in [0, 0.1) is 0 Å². The van der Waals surface area contributed by atoms with E-state index in [0.29, 0.717) is 0 Å². The molecule has 2 heterocycles. The normalized spacial score (nSPS) is 17.0. The Balaban J connectivity index is 1.61. The summed E-state index contributed by atoms with van der Waals surface area (Å²) in [7, 11) is -8.00. The number of rotatable bonds is 6. The van der Waals surface area contributed by atoms with E-state index in [1.807, 2.05) is 0 Å². The summed E-state index contributed by atoms with van der Waals surface area (Å²) in [6.45, 7) is 1.49. The van der Waals surface area contributed by atoms with Gasteiger partial charge in [0.2, 0.25) is 10.0 Å². The van der Waals surface area contributed by atoms with Crippen LogP contribution in [0.3, 0.4) is 0 Å². The second-order valence-electron chi connectivity index (χ2n) is 6.94. The van der Waals surface area contributed by atoms with E-state index in [1.165, 1.54) is 28.6 Å². The number of ether oxygens (including phenoxy) is 3. The molecule has 2 aliphatic rings. The molecule has 0 aromatic heterocycles. The maximum absolute atomic E-state index is 12.9. The number of carboxylic acid groups (broad SMARTS) is 1. The first-order valence-electron chi connectivity index (χ1n) is 9.56. The van der Waals surface area contributed by atoms with Crippen LogP contribution in [0.4, 0.5) is 5.69 Å². The first-order valence-corrected chi connectivity index (χ1v) is 12.5. The molecule has 32 heavy (non-hydrogen) atoms. The van der Waals surface area contributed by atoms with Crippen LogP contribution in [0.2, 0.25) is 0 Å². The molecule has 172 valence electrons. The van der Waals surface area contributed by atoms with E-state index in [-0.39, 0.29) is 72.1 Å². The van der Waals surface area contributed by atoms with Crippen molar-refractivity contribution >= 4 is 31.7 Å². The number of hydrogen-bond acceptors (Lipinski definition) is 8. The van der Waals surface area contributed by atoms with Gasteiger partial charge < -0.3 is 19.3 Å². The molecule has 0 aliphatic carbocycles. The third-order valence-electron chi connectivity index (χ3n) is 4.90. The van der Waals surface area contributed by atoms with Gasteiger partial charge in [0.1, 0.15) is 13.2 Å². The first-order chi connectivity index (χ1) is 15.2. The number of aromatic carboxylic acids is 1. The Hall–Kier alpha value is -2.87. The number of carboxylic acids is 1. The highest BCUT2D eigenvalue weighted by atomic mass is 32.2. The molecule has 0 radical (unpaired) electrons. The maximum atomic E-state index is 12.9. The van der Waals surface area contributed by atoms with Crippen molar-refractivity contribution in [3.05, 3.63) is 42.0 Å². The van der Waals surface area contributed by atoms with E-state index in [9.17, 15) is 26.7 Å². The summed E-state index contributed by atoms with van der Waals surface area (Å²) in [4.78, 5) is 11.3. The standard InChI is InChI=1S/C19H20N2O9S2/c22-19(23)15-11-17-18(30-10-9-29-17)12-16(15)20-31(24,25)13-1-3-14(4-2-13)32(26,27)21-5-7-28-8-6-21/h1-4,11-12,20H,5-10H2,(H,22,23). The monoisotopic (exact) mass is 484 g/mol. The smallest absolute Gasteiger partial charge is 0.337 e. The quantitative estimate of drug-likeness (QED) is 0.612. The Labute approximate surface area is 184 Å². The molecule has 0 unspecified atom stereocenters. The van der Waals surface area contributed by atoms with Crippen LogP contribution in [0.15, 0.2) is 46.2 Å². The van der Waals surface area contributed by atoms with Crippen LogP contribution in [-0.2, 0) is 24.8 Å². The van der Waals surface area contributed by atoms with Crippen LogP contribution >= 0.6 is 0 Å². The van der Waals surface area contributed by atoms with E-state index in [4.69, 9.17) is 14.2 Å². The molecule has 0 spiro atoms. The van der Waals surface area contributed by atoms with Gasteiger partial charge in [-0.2, -0.15) is 4.31 Å². The van der Waals surface area contributed by atoms with Crippen molar-refractivity contribution < 1.29 is 40.9 Å². The molecule has 0 amide bonds. The van der Waals surface area contributed by atoms with Crippen molar-refractivity contribution in [3.63, 3.8) is 0 Å². The molecule has 1 saturated heterocycles. The third-order valence-corrected chi connectivity index (χ3v) is 8.19. The minimum Gasteiger partial charge on any atom is -0.486 e. The highest BCUT2D eigenvalue weighted by molar-refractivity contribution is 7.92. The summed E-state index contributed by atoms with van der Waals surface area (Å²) in [5.41, 5.74) is -0.517. The van der Waals surface area contributed by atoms with Gasteiger partial charge in [-0.1, -0.05) is 0 Å². The number of morpholine rings is 1. The van der Waals surface area contributed by atoms with Crippen molar-refractivity contribution in [2.45, 2.75) is 9.79 Å². The molecule has 0 atom stereocenters. The number of anilines is 1. The van der Waals surface area contributed by atoms with Gasteiger partial charge >= 0.3 is 5.97 Å². The lowest BCUT2D eigenvalue weighted by molar-refractivity contribution is 0.0697. The lowest BCUT2D eigenvalue weighted by Crippen LogP contribution is -2.40. The molecule has 2 aromatic rings. The van der Waals surface area contributed by atoms with Crippen LogP contribution < -0.4 is 14.2 Å². The number of hydrogen-bond donors (Lipinski definition) is 2. The number of sulfonamides is 2. The van der Waals surface area contributed by atoms with Gasteiger partial charge in [-0.3, -0.25) is 4.72 Å². The fourth-order valence-electron chi connectivity index (χ4n) is 3.28. The number of benzene rings is 2. The lowest BCUT2D eigenvalue weighted by Gasteiger charge is -2.26. The number of nitrogens with one attached hydrogen (secondary N) is 1. The Kier molecular flexibility index (Phi) is 5.99. The van der Waals surface area contributed by atoms with E-state index >= 15 is 0 Å². The minimum atomic E-state index is -4.22. The summed E-state index contributed by atoms with van der Waals surface area (Å²) in [6, 6.07) is 7.12. The molecular formula is C19H20N2O9S2. The average molecular weight is 485 g/mol. The van der Waals surface area contributed by atoms with Gasteiger partial charge in [0.05, 0.1) is 34.3 Å². The highest BCUT2D eigenvalue weighted by Gasteiger charge is 2.28. The largest absolute Gasteiger partial charge is 0.486 e. The topological polar surface area (TPSA) is 149 Å². The molecule has 4 rings (SSSR count). The second-order valence-corrected chi connectivity index (χ2v) is 10.6. The molecule has 2 N–H and O–H groups in total. The third kappa shape index (κ3) is 4.37. The summed E-state index contributed by atoms with van der Waals surface area (Å²) < 4.78 is 70.5. The number of fused-ring (bicyclic) bond motifs is 1. The van der Waals surface area contributed by atoms with Crippen LogP contribution in [0.25, 0.3) is 0 Å². The van der Waals surface area contributed by atoms with Crippen molar-refractivity contribution in [3.8, 4) is 11.5 Å². The van der Waals surface area contributed by atoms with Crippen LogP contribution in [0.5, 0.6) is 11.5 Å². The van der Waals surface area contributed by atoms with E-state index in [0.717, 1.165) is 12.1 Å². The Bertz CT molecular complexity index is 1240. The minimum absolute atomic E-state index is 0.0519. The van der Waals surface area contributed by atoms with Crippen molar-refractivity contribution in [1.82, 2.24) is 4.31 Å². The SMILES string of the molecule is O=C(O)c1cc2c(cc1NS(=O)(=O)c1ccc(S(=O)(=O)N3CCOCC3)cc1)OCCO2. The highest BCUT2D eigenvalue weighted by Crippen LogP contribution is 2.36. The summed E-state index contributed by atoms with van der Waals surface area (Å²) in [6.07, 6.45) is 0. The van der Waals surface area contributed by atoms with E-state index in [1.54, 1.807) is 0 Å². The molecule has 1 fully saturated rings. The zero-order chi connectivity index (χ0) is 22.9. The van der Waals surface area contributed by atoms with Crippen molar-refractivity contribution in [2.24, 2.45) is 0 Å². The predicted octanol–water partition coefficient (Wildman–Crippen LogP) is 0.978. The number of nitrogens with zero attached hydrogens (tertiary/aromatic N) is 1. The molecule has 0 saturated carbocycles. The van der Waals surface area contributed by atoms with Crippen LogP contribution in [0.1, 0.15) is 10.4 Å². The summed E-state index contributed by atoms with van der Waals surface area (Å²) >= 11 is 0. The van der Waals surface area contributed by atoms with E-state index < -0.39 is 26.0 Å². The molecule has 2 aromatic carbocycles. The Morgan fingerprint density at radius 1 is 0.875 bits per heavy atom. The summed E-state index contributed by atoms with van der Waals surface area (Å²) in [5, 5.41) is 9.47. The maximum Gasteiger partial charge on any atom is 0.337 e. The molecule has 0 bridgehead atoms. The fourth-order valence-corrected chi connectivity index (χ4v) is 5.76. The molecular weight excluding hydrogens is 464 g/mol. The lowest BCUT2D eigenvalue weighted by atomic mass is 10.1. The van der Waals surface area contributed by atoms with Crippen molar-refractivity contribution in [1.29, 1.82) is 0 Å². The van der Waals surface area contributed by atoms with Gasteiger partial charge in [0.25, 0.3) is 10.0 Å². The van der Waals surface area contributed by atoms with Gasteiger partial charge in [-0.05, 0) is 24.3 Å². The average Bonchev–Trinajstić information content (AvgIpc) is 2.79. The number of carbonyl (C=O) groups is 1. The fraction of sp³-hybridized carbons (Fsp3) is 0.316.